The predicted octanol–water partition coefficient (Wildman–Crippen LogP) is 0.449. The van der Waals surface area contributed by atoms with Crippen molar-refractivity contribution in [3.63, 3.8) is 0 Å². The Labute approximate surface area is 177 Å². The second-order valence-electron chi connectivity index (χ2n) is 7.78. The molecular formula is C20H29N3O6S. The molecule has 0 saturated carbocycles. The number of nitrogens with one attached hydrogen (secondary N) is 1. The SMILES string of the molecule is O=C(CN1CCN(S(=O)(=O)c2ccc3c(c2)OCCCO3)CC1)NC[C@@H]1CCCO1. The molecule has 4 rings (SSSR count). The zero-order valence-corrected chi connectivity index (χ0v) is 17.9. The third kappa shape index (κ3) is 5.05. The van der Waals surface area contributed by atoms with E-state index in [4.69, 9.17) is 14.2 Å². The number of benzene rings is 1. The molecule has 1 atom stereocenters. The number of piperazine rings is 1. The van der Waals surface area contributed by atoms with Gasteiger partial charge in [-0.15, -0.1) is 0 Å². The average Bonchev–Trinajstić information content (AvgIpc) is 3.16. The predicted molar refractivity (Wildman–Crippen MR) is 109 cm³/mol. The fourth-order valence-corrected chi connectivity index (χ4v) is 5.31. The Bertz CT molecular complexity index is 848. The molecule has 2 saturated heterocycles. The van der Waals surface area contributed by atoms with Crippen molar-refractivity contribution in [1.29, 1.82) is 0 Å². The van der Waals surface area contributed by atoms with Crippen LogP contribution in [0.3, 0.4) is 0 Å². The quantitative estimate of drug-likeness (QED) is 0.687. The molecule has 1 N–H and O–H groups in total. The molecule has 0 unspecified atom stereocenters. The fraction of sp³-hybridized carbons (Fsp3) is 0.650. The zero-order valence-electron chi connectivity index (χ0n) is 17.0. The van der Waals surface area contributed by atoms with Gasteiger partial charge in [-0.05, 0) is 25.0 Å². The van der Waals surface area contributed by atoms with Crippen molar-refractivity contribution in [3.8, 4) is 11.5 Å². The van der Waals surface area contributed by atoms with Gasteiger partial charge in [0.25, 0.3) is 0 Å². The highest BCUT2D eigenvalue weighted by Gasteiger charge is 2.30. The number of carbonyl (C=O) groups excluding carboxylic acids is 1. The molecule has 0 bridgehead atoms. The minimum absolute atomic E-state index is 0.0512. The van der Waals surface area contributed by atoms with Crippen LogP contribution in [0.2, 0.25) is 0 Å². The van der Waals surface area contributed by atoms with Gasteiger partial charge in [0.15, 0.2) is 11.5 Å². The summed E-state index contributed by atoms with van der Waals surface area (Å²) in [6, 6.07) is 4.76. The number of fused-ring (bicyclic) bond motifs is 1. The number of nitrogens with zero attached hydrogens (tertiary/aromatic N) is 2. The maximum absolute atomic E-state index is 13.1. The summed E-state index contributed by atoms with van der Waals surface area (Å²) in [5, 5.41) is 2.91. The summed E-state index contributed by atoms with van der Waals surface area (Å²) in [5.74, 6) is 0.991. The largest absolute Gasteiger partial charge is 0.490 e. The second-order valence-corrected chi connectivity index (χ2v) is 9.72. The first-order valence-corrected chi connectivity index (χ1v) is 12.0. The minimum atomic E-state index is -3.63. The van der Waals surface area contributed by atoms with Gasteiger partial charge in [0.2, 0.25) is 15.9 Å². The molecule has 1 amide bonds. The molecule has 3 heterocycles. The monoisotopic (exact) mass is 439 g/mol. The van der Waals surface area contributed by atoms with Gasteiger partial charge in [0.05, 0.1) is 30.8 Å². The Morgan fingerprint density at radius 2 is 1.80 bits per heavy atom. The van der Waals surface area contributed by atoms with Gasteiger partial charge in [0.1, 0.15) is 0 Å². The Morgan fingerprint density at radius 1 is 1.03 bits per heavy atom. The van der Waals surface area contributed by atoms with E-state index in [1.807, 2.05) is 4.90 Å². The Balaban J connectivity index is 1.29. The van der Waals surface area contributed by atoms with Crippen molar-refractivity contribution in [3.05, 3.63) is 18.2 Å². The molecule has 0 aliphatic carbocycles. The lowest BCUT2D eigenvalue weighted by Gasteiger charge is -2.33. The highest BCUT2D eigenvalue weighted by atomic mass is 32.2. The van der Waals surface area contributed by atoms with Crippen LogP contribution in [0.5, 0.6) is 11.5 Å². The summed E-state index contributed by atoms with van der Waals surface area (Å²) in [7, 11) is -3.63. The van der Waals surface area contributed by atoms with E-state index in [1.165, 1.54) is 4.31 Å². The molecule has 10 heteroatoms. The highest BCUT2D eigenvalue weighted by molar-refractivity contribution is 7.89. The van der Waals surface area contributed by atoms with Crippen LogP contribution >= 0.6 is 0 Å². The third-order valence-electron chi connectivity index (χ3n) is 5.61. The van der Waals surface area contributed by atoms with E-state index in [-0.39, 0.29) is 23.5 Å². The summed E-state index contributed by atoms with van der Waals surface area (Å²) >= 11 is 0. The van der Waals surface area contributed by atoms with Crippen LogP contribution in [-0.2, 0) is 19.6 Å². The smallest absolute Gasteiger partial charge is 0.243 e. The number of carbonyl (C=O) groups is 1. The Kier molecular flexibility index (Phi) is 6.77. The number of sulfonamides is 1. The first-order chi connectivity index (χ1) is 14.5. The number of ether oxygens (including phenoxy) is 3. The van der Waals surface area contributed by atoms with Crippen LogP contribution in [0.25, 0.3) is 0 Å². The van der Waals surface area contributed by atoms with Gasteiger partial charge in [-0.2, -0.15) is 4.31 Å². The summed E-state index contributed by atoms with van der Waals surface area (Å²) in [5.41, 5.74) is 0. The van der Waals surface area contributed by atoms with Crippen molar-refractivity contribution < 1.29 is 27.4 Å². The third-order valence-corrected chi connectivity index (χ3v) is 7.50. The van der Waals surface area contributed by atoms with Crippen LogP contribution in [0.4, 0.5) is 0 Å². The van der Waals surface area contributed by atoms with E-state index in [0.717, 1.165) is 25.9 Å². The van der Waals surface area contributed by atoms with Gasteiger partial charge in [-0.3, -0.25) is 9.69 Å². The maximum atomic E-state index is 13.1. The molecule has 0 aromatic heterocycles. The molecule has 0 spiro atoms. The molecule has 0 radical (unpaired) electrons. The molecule has 3 aliphatic heterocycles. The summed E-state index contributed by atoms with van der Waals surface area (Å²) < 4.78 is 44.3. The van der Waals surface area contributed by atoms with E-state index in [1.54, 1.807) is 18.2 Å². The van der Waals surface area contributed by atoms with Crippen LogP contribution in [0, 0.1) is 0 Å². The van der Waals surface area contributed by atoms with E-state index < -0.39 is 10.0 Å². The second kappa shape index (κ2) is 9.51. The molecule has 9 nitrogen and oxygen atoms in total. The van der Waals surface area contributed by atoms with Gasteiger partial charge in [-0.1, -0.05) is 0 Å². The van der Waals surface area contributed by atoms with Crippen molar-refractivity contribution in [2.45, 2.75) is 30.3 Å². The zero-order chi connectivity index (χ0) is 21.0. The minimum Gasteiger partial charge on any atom is -0.490 e. The Hall–Kier alpha value is -1.88. The fourth-order valence-electron chi connectivity index (χ4n) is 3.87. The van der Waals surface area contributed by atoms with Gasteiger partial charge in [0, 0.05) is 51.8 Å². The lowest BCUT2D eigenvalue weighted by Crippen LogP contribution is -2.51. The normalized spacial score (nSPS) is 23.1. The first-order valence-electron chi connectivity index (χ1n) is 10.5. The van der Waals surface area contributed by atoms with Crippen molar-refractivity contribution in [2.75, 3.05) is 59.1 Å². The maximum Gasteiger partial charge on any atom is 0.243 e. The van der Waals surface area contributed by atoms with E-state index in [0.29, 0.717) is 57.4 Å². The van der Waals surface area contributed by atoms with Crippen LogP contribution in [0.15, 0.2) is 23.1 Å². The topological polar surface area (TPSA) is 97.4 Å². The van der Waals surface area contributed by atoms with Crippen LogP contribution in [0.1, 0.15) is 19.3 Å². The molecule has 3 aliphatic rings. The Morgan fingerprint density at radius 3 is 2.53 bits per heavy atom. The van der Waals surface area contributed by atoms with Crippen molar-refractivity contribution in [2.24, 2.45) is 0 Å². The summed E-state index contributed by atoms with van der Waals surface area (Å²) in [4.78, 5) is 14.3. The van der Waals surface area contributed by atoms with Crippen molar-refractivity contribution in [1.82, 2.24) is 14.5 Å². The molecular weight excluding hydrogens is 410 g/mol. The number of amides is 1. The van der Waals surface area contributed by atoms with Gasteiger partial charge >= 0.3 is 0 Å². The lowest BCUT2D eigenvalue weighted by molar-refractivity contribution is -0.123. The number of rotatable bonds is 6. The summed E-state index contributed by atoms with van der Waals surface area (Å²) in [6.45, 7) is 4.34. The van der Waals surface area contributed by atoms with E-state index >= 15 is 0 Å². The molecule has 1 aromatic carbocycles. The first kappa shape index (κ1) is 21.4. The lowest BCUT2D eigenvalue weighted by atomic mass is 10.2. The molecule has 1 aromatic rings. The summed E-state index contributed by atoms with van der Waals surface area (Å²) in [6.07, 6.45) is 2.91. The molecule has 2 fully saturated rings. The van der Waals surface area contributed by atoms with Gasteiger partial charge < -0.3 is 19.5 Å². The van der Waals surface area contributed by atoms with E-state index in [2.05, 4.69) is 5.32 Å². The van der Waals surface area contributed by atoms with Crippen LogP contribution < -0.4 is 14.8 Å². The van der Waals surface area contributed by atoms with Crippen LogP contribution in [-0.4, -0.2) is 88.7 Å². The number of hydrogen-bond donors (Lipinski definition) is 1. The van der Waals surface area contributed by atoms with E-state index in [9.17, 15) is 13.2 Å². The van der Waals surface area contributed by atoms with Gasteiger partial charge in [-0.25, -0.2) is 8.42 Å². The highest BCUT2D eigenvalue weighted by Crippen LogP contribution is 2.33. The average molecular weight is 440 g/mol. The molecule has 166 valence electrons. The standard InChI is InChI=1S/C20H29N3O6S/c24-20(21-14-16-3-1-10-27-16)15-22-6-8-23(9-7-22)30(25,26)17-4-5-18-19(13-17)29-12-2-11-28-18/h4-5,13,16H,1-3,6-12,14-15H2,(H,21,24)/t16-/m0/s1. The molecule has 30 heavy (non-hydrogen) atoms. The van der Waals surface area contributed by atoms with Crippen molar-refractivity contribution >= 4 is 15.9 Å². The number of hydrogen-bond acceptors (Lipinski definition) is 7.